The quantitative estimate of drug-likeness (QED) is 0.750. The van der Waals surface area contributed by atoms with Crippen LogP contribution in [0.4, 0.5) is 0 Å². The lowest BCUT2D eigenvalue weighted by Gasteiger charge is -2.41. The van der Waals surface area contributed by atoms with E-state index in [9.17, 15) is 9.59 Å². The minimum absolute atomic E-state index is 0.0257. The third-order valence-electron chi connectivity index (χ3n) is 4.15. The highest BCUT2D eigenvalue weighted by molar-refractivity contribution is 5.92. The second-order valence-electron chi connectivity index (χ2n) is 5.05. The number of rotatable bonds is 2. The first-order valence-corrected chi connectivity index (χ1v) is 6.50. The molecule has 3 heteroatoms. The lowest BCUT2D eigenvalue weighted by atomic mass is 9.61. The van der Waals surface area contributed by atoms with Crippen molar-refractivity contribution in [3.05, 3.63) is 35.4 Å². The van der Waals surface area contributed by atoms with Gasteiger partial charge in [0.2, 0.25) is 0 Å². The van der Waals surface area contributed by atoms with E-state index in [2.05, 4.69) is 0 Å². The van der Waals surface area contributed by atoms with Gasteiger partial charge in [0.15, 0.2) is 0 Å². The van der Waals surface area contributed by atoms with E-state index in [1.165, 1.54) is 5.56 Å². The average molecular weight is 244 g/mol. The Morgan fingerprint density at radius 2 is 2.06 bits per heavy atom. The maximum Gasteiger partial charge on any atom is 0.309 e. The smallest absolute Gasteiger partial charge is 0.309 e. The summed E-state index contributed by atoms with van der Waals surface area (Å²) in [6.45, 7) is 2.22. The predicted octanol–water partition coefficient (Wildman–Crippen LogP) is 2.41. The molecule has 0 unspecified atom stereocenters. The molecule has 0 aliphatic heterocycles. The number of ketones is 1. The molecular weight excluding hydrogens is 228 g/mol. The van der Waals surface area contributed by atoms with E-state index in [0.717, 1.165) is 5.56 Å². The van der Waals surface area contributed by atoms with Gasteiger partial charge in [-0.2, -0.15) is 0 Å². The van der Waals surface area contributed by atoms with Crippen molar-refractivity contribution in [2.24, 2.45) is 5.92 Å². The molecule has 94 valence electrons. The van der Waals surface area contributed by atoms with E-state index >= 15 is 0 Å². The number of ether oxygens (including phenoxy) is 1. The number of benzene rings is 1. The van der Waals surface area contributed by atoms with Crippen LogP contribution in [-0.4, -0.2) is 18.4 Å². The Labute approximate surface area is 106 Å². The van der Waals surface area contributed by atoms with Crippen LogP contribution in [0, 0.1) is 5.92 Å². The zero-order valence-electron chi connectivity index (χ0n) is 10.4. The molecule has 3 aliphatic rings. The van der Waals surface area contributed by atoms with Crippen LogP contribution >= 0.6 is 0 Å². The summed E-state index contributed by atoms with van der Waals surface area (Å²) in [5.74, 6) is -0.0744. The van der Waals surface area contributed by atoms with Crippen molar-refractivity contribution in [2.75, 3.05) is 6.61 Å². The van der Waals surface area contributed by atoms with Gasteiger partial charge in [-0.25, -0.2) is 0 Å². The van der Waals surface area contributed by atoms with Gasteiger partial charge in [-0.3, -0.25) is 9.59 Å². The van der Waals surface area contributed by atoms with Gasteiger partial charge in [0.05, 0.1) is 12.5 Å². The molecule has 0 aromatic heterocycles. The molecule has 4 rings (SSSR count). The molecule has 3 atom stereocenters. The summed E-state index contributed by atoms with van der Waals surface area (Å²) in [5.41, 5.74) is 2.30. The molecular formula is C15H16O3. The first-order valence-electron chi connectivity index (χ1n) is 6.50. The van der Waals surface area contributed by atoms with E-state index in [1.54, 1.807) is 0 Å². The number of hydrogen-bond donors (Lipinski definition) is 0. The molecule has 1 aromatic rings. The van der Waals surface area contributed by atoms with Gasteiger partial charge in [-0.15, -0.1) is 0 Å². The number of carbonyl (C=O) groups is 2. The molecule has 3 aliphatic carbocycles. The monoisotopic (exact) mass is 244 g/mol. The van der Waals surface area contributed by atoms with Crippen LogP contribution in [0.2, 0.25) is 0 Å². The van der Waals surface area contributed by atoms with E-state index in [0.29, 0.717) is 19.4 Å². The second-order valence-corrected chi connectivity index (χ2v) is 5.05. The summed E-state index contributed by atoms with van der Waals surface area (Å²) >= 11 is 0. The SMILES string of the molecule is CCOC(=O)[C@H]1C[C@@H]2C(=O)C[C@H]1c1ccccc12. The van der Waals surface area contributed by atoms with E-state index in [1.807, 2.05) is 31.2 Å². The molecule has 0 heterocycles. The van der Waals surface area contributed by atoms with Crippen LogP contribution in [0.1, 0.15) is 42.7 Å². The van der Waals surface area contributed by atoms with Crippen molar-refractivity contribution in [1.82, 2.24) is 0 Å². The van der Waals surface area contributed by atoms with Crippen molar-refractivity contribution in [2.45, 2.75) is 31.6 Å². The summed E-state index contributed by atoms with van der Waals surface area (Å²) in [5, 5.41) is 0. The summed E-state index contributed by atoms with van der Waals surface area (Å²) in [4.78, 5) is 24.0. The zero-order chi connectivity index (χ0) is 12.7. The number of carbonyl (C=O) groups excluding carboxylic acids is 2. The largest absolute Gasteiger partial charge is 0.466 e. The molecule has 0 saturated heterocycles. The van der Waals surface area contributed by atoms with Crippen molar-refractivity contribution < 1.29 is 14.3 Å². The molecule has 1 fully saturated rings. The molecule has 3 nitrogen and oxygen atoms in total. The van der Waals surface area contributed by atoms with Gasteiger partial charge in [0.25, 0.3) is 0 Å². The third-order valence-corrected chi connectivity index (χ3v) is 4.15. The molecule has 18 heavy (non-hydrogen) atoms. The fourth-order valence-electron chi connectivity index (χ4n) is 3.35. The van der Waals surface area contributed by atoms with E-state index in [-0.39, 0.29) is 29.5 Å². The summed E-state index contributed by atoms with van der Waals surface area (Å²) in [7, 11) is 0. The summed E-state index contributed by atoms with van der Waals surface area (Å²) in [6, 6.07) is 8.01. The van der Waals surface area contributed by atoms with Gasteiger partial charge in [0.1, 0.15) is 5.78 Å². The van der Waals surface area contributed by atoms with Crippen LogP contribution in [0.25, 0.3) is 0 Å². The third kappa shape index (κ3) is 1.57. The van der Waals surface area contributed by atoms with Crippen molar-refractivity contribution in [1.29, 1.82) is 0 Å². The highest BCUT2D eigenvalue weighted by Crippen LogP contribution is 2.50. The number of Topliss-reactive ketones (excluding diaryl/α,β-unsaturated/α-hetero) is 1. The highest BCUT2D eigenvalue weighted by Gasteiger charge is 2.47. The highest BCUT2D eigenvalue weighted by atomic mass is 16.5. The second kappa shape index (κ2) is 4.23. The lowest BCUT2D eigenvalue weighted by molar-refractivity contribution is -0.151. The van der Waals surface area contributed by atoms with Gasteiger partial charge < -0.3 is 4.74 Å². The minimum Gasteiger partial charge on any atom is -0.466 e. The number of esters is 1. The average Bonchev–Trinajstić information content (AvgIpc) is 2.39. The van der Waals surface area contributed by atoms with Crippen LogP contribution in [0.15, 0.2) is 24.3 Å². The molecule has 0 N–H and O–H groups in total. The van der Waals surface area contributed by atoms with E-state index in [4.69, 9.17) is 4.74 Å². The van der Waals surface area contributed by atoms with Crippen LogP contribution in [0.5, 0.6) is 0 Å². The summed E-state index contributed by atoms with van der Waals surface area (Å²) < 4.78 is 5.13. The van der Waals surface area contributed by atoms with Crippen LogP contribution in [-0.2, 0) is 14.3 Å². The molecule has 0 spiro atoms. The van der Waals surface area contributed by atoms with Crippen LogP contribution < -0.4 is 0 Å². The predicted molar refractivity (Wildman–Crippen MR) is 66.3 cm³/mol. The van der Waals surface area contributed by atoms with Gasteiger partial charge >= 0.3 is 5.97 Å². The summed E-state index contributed by atoms with van der Waals surface area (Å²) in [6.07, 6.45) is 1.12. The Morgan fingerprint density at radius 3 is 2.78 bits per heavy atom. The first-order chi connectivity index (χ1) is 8.72. The minimum atomic E-state index is -0.144. The van der Waals surface area contributed by atoms with Gasteiger partial charge in [-0.1, -0.05) is 24.3 Å². The maximum absolute atomic E-state index is 12.0. The lowest BCUT2D eigenvalue weighted by Crippen LogP contribution is -2.40. The molecule has 1 saturated carbocycles. The normalized spacial score (nSPS) is 28.9. The Bertz CT molecular complexity index is 506. The number of fused-ring (bicyclic) bond motifs is 2. The molecule has 1 aromatic carbocycles. The van der Waals surface area contributed by atoms with E-state index < -0.39 is 0 Å². The molecule has 2 bridgehead atoms. The van der Waals surface area contributed by atoms with Crippen LogP contribution in [0.3, 0.4) is 0 Å². The zero-order valence-corrected chi connectivity index (χ0v) is 10.4. The molecule has 0 amide bonds. The Kier molecular flexibility index (Phi) is 2.69. The van der Waals surface area contributed by atoms with Crippen molar-refractivity contribution >= 4 is 11.8 Å². The fraction of sp³-hybridized carbons (Fsp3) is 0.467. The number of hydrogen-bond acceptors (Lipinski definition) is 3. The Hall–Kier alpha value is -1.64. The van der Waals surface area contributed by atoms with Crippen molar-refractivity contribution in [3.8, 4) is 0 Å². The topological polar surface area (TPSA) is 43.4 Å². The standard InChI is InChI=1S/C15H16O3/c1-2-18-15(17)13-7-12-10-6-4-3-5-9(10)11(13)8-14(12)16/h3-6,11-13H,2,7-8H2,1H3/t11-,12-,13-/m0/s1. The van der Waals surface area contributed by atoms with Gasteiger partial charge in [0, 0.05) is 18.3 Å². The fourth-order valence-corrected chi connectivity index (χ4v) is 3.35. The van der Waals surface area contributed by atoms with Gasteiger partial charge in [-0.05, 0) is 24.5 Å². The first kappa shape index (κ1) is 11.5. The maximum atomic E-state index is 12.0. The molecule has 0 radical (unpaired) electrons. The van der Waals surface area contributed by atoms with Crippen molar-refractivity contribution in [3.63, 3.8) is 0 Å². The Morgan fingerprint density at radius 1 is 1.33 bits per heavy atom. The Balaban J connectivity index is 1.99.